The lowest BCUT2D eigenvalue weighted by Gasteiger charge is -2.12. The Balaban J connectivity index is 1.45. The summed E-state index contributed by atoms with van der Waals surface area (Å²) in [6.07, 6.45) is 0. The molecule has 4 aromatic rings. The van der Waals surface area contributed by atoms with Gasteiger partial charge in [0.05, 0.1) is 12.2 Å². The highest BCUT2D eigenvalue weighted by atomic mass is 35.5. The number of rotatable bonds is 8. The Kier molecular flexibility index (Phi) is 7.54. The highest BCUT2D eigenvalue weighted by molar-refractivity contribution is 7.99. The van der Waals surface area contributed by atoms with E-state index in [4.69, 9.17) is 27.9 Å². The predicted octanol–water partition coefficient (Wildman–Crippen LogP) is 6.11. The van der Waals surface area contributed by atoms with Crippen LogP contribution in [0.3, 0.4) is 0 Å². The fraction of sp³-hybridized carbons (Fsp3) is 0.125. The van der Waals surface area contributed by atoms with Crippen molar-refractivity contribution in [1.29, 1.82) is 0 Å². The number of anilines is 1. The van der Waals surface area contributed by atoms with Crippen molar-refractivity contribution in [3.8, 4) is 5.75 Å². The van der Waals surface area contributed by atoms with Crippen molar-refractivity contribution in [1.82, 2.24) is 14.8 Å². The maximum Gasteiger partial charge on any atom is 0.262 e. The highest BCUT2D eigenvalue weighted by Gasteiger charge is 2.15. The lowest BCUT2D eigenvalue weighted by Crippen LogP contribution is -2.20. The maximum absolute atomic E-state index is 12.5. The Morgan fingerprint density at radius 2 is 1.76 bits per heavy atom. The van der Waals surface area contributed by atoms with Gasteiger partial charge < -0.3 is 10.1 Å². The summed E-state index contributed by atoms with van der Waals surface area (Å²) >= 11 is 13.4. The molecule has 0 spiro atoms. The molecule has 0 aliphatic rings. The molecule has 1 aromatic heterocycles. The van der Waals surface area contributed by atoms with Gasteiger partial charge >= 0.3 is 0 Å². The number of nitrogens with zero attached hydrogens (tertiary/aromatic N) is 3. The number of hydrogen-bond donors (Lipinski definition) is 1. The van der Waals surface area contributed by atoms with Gasteiger partial charge in [0.15, 0.2) is 11.8 Å². The van der Waals surface area contributed by atoms with Crippen molar-refractivity contribution in [2.45, 2.75) is 23.5 Å². The molecule has 0 aliphatic carbocycles. The molecule has 9 heteroatoms. The number of carbonyl (C=O) groups excluding carboxylic acids is 1. The molecule has 6 nitrogen and oxygen atoms in total. The monoisotopic (exact) mass is 498 g/mol. The van der Waals surface area contributed by atoms with Crippen molar-refractivity contribution >= 4 is 46.6 Å². The molecule has 0 unspecified atom stereocenters. The molecule has 1 N–H and O–H groups in total. The van der Waals surface area contributed by atoms with Gasteiger partial charge in [-0.05, 0) is 72.2 Å². The van der Waals surface area contributed by atoms with Crippen LogP contribution in [-0.4, -0.2) is 27.3 Å². The molecule has 0 aliphatic heterocycles. The lowest BCUT2D eigenvalue weighted by atomic mass is 10.1. The Morgan fingerprint density at radius 1 is 1.03 bits per heavy atom. The van der Waals surface area contributed by atoms with Crippen LogP contribution >= 0.6 is 35.0 Å². The second kappa shape index (κ2) is 10.7. The largest absolute Gasteiger partial charge is 0.484 e. The van der Waals surface area contributed by atoms with Gasteiger partial charge in [-0.3, -0.25) is 4.79 Å². The van der Waals surface area contributed by atoms with Crippen molar-refractivity contribution in [2.75, 3.05) is 11.9 Å². The summed E-state index contributed by atoms with van der Waals surface area (Å²) in [5, 5.41) is 8.61. The van der Waals surface area contributed by atoms with Gasteiger partial charge in [0.25, 0.3) is 5.91 Å². The van der Waals surface area contributed by atoms with Crippen LogP contribution < -0.4 is 10.1 Å². The SMILES string of the molecule is Cc1ccc(Cn2nc(Cl)nc2Sc2ccccc2NC(=O)COc2ccc(Cl)cc2)cc1. The van der Waals surface area contributed by atoms with Gasteiger partial charge in [-0.2, -0.15) is 4.98 Å². The zero-order valence-electron chi connectivity index (χ0n) is 17.7. The summed E-state index contributed by atoms with van der Waals surface area (Å²) in [5.74, 6) is 0.285. The first kappa shape index (κ1) is 23.2. The summed E-state index contributed by atoms with van der Waals surface area (Å²) in [6, 6.07) is 22.5. The second-order valence-corrected chi connectivity index (χ2v) is 8.98. The van der Waals surface area contributed by atoms with Crippen LogP contribution in [0.1, 0.15) is 11.1 Å². The molecule has 0 fully saturated rings. The quantitative estimate of drug-likeness (QED) is 0.317. The van der Waals surface area contributed by atoms with E-state index >= 15 is 0 Å². The van der Waals surface area contributed by atoms with Gasteiger partial charge in [0.2, 0.25) is 5.28 Å². The second-order valence-electron chi connectivity index (χ2n) is 7.20. The maximum atomic E-state index is 12.5. The van der Waals surface area contributed by atoms with Crippen LogP contribution in [-0.2, 0) is 11.3 Å². The smallest absolute Gasteiger partial charge is 0.262 e. The fourth-order valence-corrected chi connectivity index (χ4v) is 4.23. The van der Waals surface area contributed by atoms with Gasteiger partial charge in [-0.1, -0.05) is 53.6 Å². The zero-order valence-corrected chi connectivity index (χ0v) is 20.0. The Hall–Kier alpha value is -3.00. The van der Waals surface area contributed by atoms with Crippen LogP contribution in [0.2, 0.25) is 10.3 Å². The predicted molar refractivity (Wildman–Crippen MR) is 131 cm³/mol. The van der Waals surface area contributed by atoms with E-state index in [1.807, 2.05) is 43.3 Å². The Bertz CT molecular complexity index is 1240. The molecule has 168 valence electrons. The normalized spacial score (nSPS) is 10.8. The van der Waals surface area contributed by atoms with E-state index in [0.29, 0.717) is 28.2 Å². The number of aryl methyl sites for hydroxylation is 1. The number of carbonyl (C=O) groups is 1. The number of halogens is 2. The van der Waals surface area contributed by atoms with E-state index < -0.39 is 0 Å². The minimum Gasteiger partial charge on any atom is -0.484 e. The number of nitrogens with one attached hydrogen (secondary N) is 1. The van der Waals surface area contributed by atoms with Crippen molar-refractivity contribution < 1.29 is 9.53 Å². The molecule has 0 radical (unpaired) electrons. The number of aromatic nitrogens is 3. The first-order valence-corrected chi connectivity index (χ1v) is 11.6. The average Bonchev–Trinajstić information content (AvgIpc) is 3.14. The molecule has 0 saturated carbocycles. The lowest BCUT2D eigenvalue weighted by molar-refractivity contribution is -0.118. The first-order valence-electron chi connectivity index (χ1n) is 10.1. The number of hydrogen-bond acceptors (Lipinski definition) is 5. The van der Waals surface area contributed by atoms with Crippen molar-refractivity contribution in [3.05, 3.63) is 94.2 Å². The van der Waals surface area contributed by atoms with Crippen molar-refractivity contribution in [3.63, 3.8) is 0 Å². The van der Waals surface area contributed by atoms with Crippen LogP contribution in [0.4, 0.5) is 5.69 Å². The van der Waals surface area contributed by atoms with E-state index in [9.17, 15) is 4.79 Å². The molecule has 0 atom stereocenters. The van der Waals surface area contributed by atoms with Gasteiger partial charge in [-0.15, -0.1) is 5.10 Å². The third kappa shape index (κ3) is 6.51. The molecular formula is C24H20Cl2N4O2S. The Morgan fingerprint density at radius 3 is 2.52 bits per heavy atom. The molecule has 0 saturated heterocycles. The molecule has 3 aromatic carbocycles. The number of amides is 1. The van der Waals surface area contributed by atoms with E-state index in [1.54, 1.807) is 28.9 Å². The average molecular weight is 499 g/mol. The fourth-order valence-electron chi connectivity index (χ4n) is 2.97. The molecule has 1 amide bonds. The number of para-hydroxylation sites is 1. The van der Waals surface area contributed by atoms with E-state index in [1.165, 1.54) is 17.3 Å². The topological polar surface area (TPSA) is 69.0 Å². The van der Waals surface area contributed by atoms with Crippen LogP contribution in [0.15, 0.2) is 82.8 Å². The van der Waals surface area contributed by atoms with Crippen LogP contribution in [0.25, 0.3) is 0 Å². The molecular weight excluding hydrogens is 479 g/mol. The molecule has 0 bridgehead atoms. The summed E-state index contributed by atoms with van der Waals surface area (Å²) in [5.41, 5.74) is 2.92. The third-order valence-corrected chi connectivity index (χ3v) is 6.08. The summed E-state index contributed by atoms with van der Waals surface area (Å²) in [4.78, 5) is 17.6. The van der Waals surface area contributed by atoms with Crippen LogP contribution in [0.5, 0.6) is 5.75 Å². The number of benzene rings is 3. The van der Waals surface area contributed by atoms with Crippen LogP contribution in [0, 0.1) is 6.92 Å². The first-order chi connectivity index (χ1) is 16.0. The third-order valence-electron chi connectivity index (χ3n) is 4.61. The van der Waals surface area contributed by atoms with E-state index in [0.717, 1.165) is 10.5 Å². The number of ether oxygens (including phenoxy) is 1. The Labute approximate surface area is 205 Å². The minimum atomic E-state index is -0.280. The molecule has 1 heterocycles. The standard InChI is InChI=1S/C24H20Cl2N4O2S/c1-16-6-8-17(9-7-16)14-30-24(28-23(26)29-30)33-21-5-3-2-4-20(21)27-22(31)15-32-19-12-10-18(25)11-13-19/h2-13H,14-15H2,1H3,(H,27,31). The minimum absolute atomic E-state index is 0.129. The summed E-state index contributed by atoms with van der Waals surface area (Å²) in [7, 11) is 0. The van der Waals surface area contributed by atoms with Gasteiger partial charge in [-0.25, -0.2) is 4.68 Å². The molecule has 4 rings (SSSR count). The zero-order chi connectivity index (χ0) is 23.2. The van der Waals surface area contributed by atoms with Crippen molar-refractivity contribution in [2.24, 2.45) is 0 Å². The summed E-state index contributed by atoms with van der Waals surface area (Å²) in [6.45, 7) is 2.45. The van der Waals surface area contributed by atoms with Gasteiger partial charge in [0, 0.05) is 9.92 Å². The summed E-state index contributed by atoms with van der Waals surface area (Å²) < 4.78 is 7.28. The van der Waals surface area contributed by atoms with E-state index in [-0.39, 0.29) is 17.8 Å². The van der Waals surface area contributed by atoms with Gasteiger partial charge in [0.1, 0.15) is 5.75 Å². The van der Waals surface area contributed by atoms with E-state index in [2.05, 4.69) is 27.5 Å². The highest BCUT2D eigenvalue weighted by Crippen LogP contribution is 2.33. The molecule has 33 heavy (non-hydrogen) atoms.